The Bertz CT molecular complexity index is 567. The van der Waals surface area contributed by atoms with Crippen LogP contribution in [0.25, 0.3) is 11.3 Å². The summed E-state index contributed by atoms with van der Waals surface area (Å²) in [6.07, 6.45) is 0. The third-order valence-corrected chi connectivity index (χ3v) is 7.31. The number of nitrogen functional groups attached to an aromatic ring is 1. The highest BCUT2D eigenvalue weighted by atomic mass is 32.2. The van der Waals surface area contributed by atoms with Crippen molar-refractivity contribution in [1.29, 1.82) is 0 Å². The minimum absolute atomic E-state index is 0.540. The molecule has 2 unspecified atom stereocenters. The standard InChI is InChI=1S/C14H16N2S3/c1-9-13(18-6-5-17-9)14-16-12(8-19-14)10-3-2-4-11(15)7-10/h2-4,7-9,13H,5-6,15H2,1H3. The lowest BCUT2D eigenvalue weighted by Crippen LogP contribution is -2.15. The maximum atomic E-state index is 5.84. The molecule has 2 atom stereocenters. The van der Waals surface area contributed by atoms with Gasteiger partial charge in [-0.1, -0.05) is 19.1 Å². The zero-order valence-electron chi connectivity index (χ0n) is 10.7. The fourth-order valence-corrected chi connectivity index (χ4v) is 6.16. The van der Waals surface area contributed by atoms with E-state index in [-0.39, 0.29) is 0 Å². The van der Waals surface area contributed by atoms with Gasteiger partial charge >= 0.3 is 0 Å². The lowest BCUT2D eigenvalue weighted by Gasteiger charge is -2.25. The van der Waals surface area contributed by atoms with Crippen LogP contribution in [0.1, 0.15) is 17.2 Å². The fraction of sp³-hybridized carbons (Fsp3) is 0.357. The zero-order chi connectivity index (χ0) is 13.2. The lowest BCUT2D eigenvalue weighted by atomic mass is 10.1. The third kappa shape index (κ3) is 2.93. The Kier molecular flexibility index (Phi) is 4.05. The number of thioether (sulfide) groups is 2. The van der Waals surface area contributed by atoms with Gasteiger partial charge in [0, 0.05) is 33.4 Å². The van der Waals surface area contributed by atoms with Gasteiger partial charge in [-0.15, -0.1) is 23.1 Å². The van der Waals surface area contributed by atoms with Gasteiger partial charge < -0.3 is 5.73 Å². The highest BCUT2D eigenvalue weighted by Gasteiger charge is 2.26. The number of nitrogens with zero attached hydrogens (tertiary/aromatic N) is 1. The Balaban J connectivity index is 1.86. The molecular formula is C14H16N2S3. The van der Waals surface area contributed by atoms with E-state index in [9.17, 15) is 0 Å². The number of rotatable bonds is 2. The Morgan fingerprint density at radius 2 is 2.11 bits per heavy atom. The molecular weight excluding hydrogens is 292 g/mol. The molecule has 2 heterocycles. The van der Waals surface area contributed by atoms with Crippen molar-refractivity contribution in [2.24, 2.45) is 0 Å². The first-order valence-corrected chi connectivity index (χ1v) is 9.26. The van der Waals surface area contributed by atoms with Crippen LogP contribution < -0.4 is 5.73 Å². The van der Waals surface area contributed by atoms with E-state index >= 15 is 0 Å². The van der Waals surface area contributed by atoms with Gasteiger partial charge in [-0.2, -0.15) is 11.8 Å². The molecule has 19 heavy (non-hydrogen) atoms. The van der Waals surface area contributed by atoms with Gasteiger partial charge in [-0.25, -0.2) is 4.98 Å². The molecule has 0 radical (unpaired) electrons. The van der Waals surface area contributed by atoms with Crippen molar-refractivity contribution in [3.8, 4) is 11.3 Å². The van der Waals surface area contributed by atoms with Gasteiger partial charge in [0.25, 0.3) is 0 Å². The van der Waals surface area contributed by atoms with Crippen molar-refractivity contribution in [3.05, 3.63) is 34.7 Å². The second kappa shape index (κ2) is 5.77. The van der Waals surface area contributed by atoms with Crippen molar-refractivity contribution in [2.45, 2.75) is 17.4 Å². The van der Waals surface area contributed by atoms with Crippen LogP contribution in [0.3, 0.4) is 0 Å². The molecule has 1 aliphatic rings. The van der Waals surface area contributed by atoms with Gasteiger partial charge in [0.05, 0.1) is 10.9 Å². The molecule has 0 amide bonds. The van der Waals surface area contributed by atoms with Gasteiger partial charge in [0.15, 0.2) is 0 Å². The van der Waals surface area contributed by atoms with Crippen molar-refractivity contribution in [2.75, 3.05) is 17.2 Å². The fourth-order valence-electron chi connectivity index (χ4n) is 2.15. The first-order chi connectivity index (χ1) is 9.24. The monoisotopic (exact) mass is 308 g/mol. The number of thiazole rings is 1. The van der Waals surface area contributed by atoms with E-state index in [1.165, 1.54) is 16.5 Å². The quantitative estimate of drug-likeness (QED) is 0.840. The average Bonchev–Trinajstić information content (AvgIpc) is 2.89. The van der Waals surface area contributed by atoms with Gasteiger partial charge in [-0.05, 0) is 12.1 Å². The summed E-state index contributed by atoms with van der Waals surface area (Å²) in [6, 6.07) is 7.95. The number of hydrogen-bond acceptors (Lipinski definition) is 5. The van der Waals surface area contributed by atoms with E-state index in [0.29, 0.717) is 10.5 Å². The number of aromatic nitrogens is 1. The van der Waals surface area contributed by atoms with E-state index in [1.54, 1.807) is 11.3 Å². The largest absolute Gasteiger partial charge is 0.399 e. The van der Waals surface area contributed by atoms with Crippen LogP contribution in [0, 0.1) is 0 Å². The Morgan fingerprint density at radius 3 is 2.89 bits per heavy atom. The van der Waals surface area contributed by atoms with E-state index in [0.717, 1.165) is 16.9 Å². The molecule has 0 spiro atoms. The molecule has 1 fully saturated rings. The molecule has 1 aromatic carbocycles. The van der Waals surface area contributed by atoms with E-state index in [4.69, 9.17) is 10.7 Å². The number of nitrogens with two attached hydrogens (primary N) is 1. The van der Waals surface area contributed by atoms with Crippen LogP contribution >= 0.6 is 34.9 Å². The molecule has 100 valence electrons. The molecule has 1 saturated heterocycles. The van der Waals surface area contributed by atoms with Crippen LogP contribution in [0.15, 0.2) is 29.6 Å². The summed E-state index contributed by atoms with van der Waals surface area (Å²) in [5.74, 6) is 2.49. The van der Waals surface area contributed by atoms with Crippen molar-refractivity contribution >= 4 is 40.5 Å². The predicted molar refractivity (Wildman–Crippen MR) is 89.1 cm³/mol. The first-order valence-electron chi connectivity index (χ1n) is 6.28. The molecule has 0 saturated carbocycles. The van der Waals surface area contributed by atoms with E-state index in [1.807, 2.05) is 30.0 Å². The first kappa shape index (κ1) is 13.3. The molecule has 2 nitrogen and oxygen atoms in total. The van der Waals surface area contributed by atoms with Crippen LogP contribution in [-0.2, 0) is 0 Å². The molecule has 2 aromatic rings. The van der Waals surface area contributed by atoms with Crippen LogP contribution in [0.4, 0.5) is 5.69 Å². The second-order valence-electron chi connectivity index (χ2n) is 4.56. The minimum atomic E-state index is 0.540. The summed E-state index contributed by atoms with van der Waals surface area (Å²) in [4.78, 5) is 4.82. The summed E-state index contributed by atoms with van der Waals surface area (Å²) in [7, 11) is 0. The zero-order valence-corrected chi connectivity index (χ0v) is 13.2. The highest BCUT2D eigenvalue weighted by molar-refractivity contribution is 8.06. The van der Waals surface area contributed by atoms with Crippen LogP contribution in [0.5, 0.6) is 0 Å². The van der Waals surface area contributed by atoms with E-state index < -0.39 is 0 Å². The van der Waals surface area contributed by atoms with Crippen LogP contribution in [-0.4, -0.2) is 21.7 Å². The van der Waals surface area contributed by atoms with Gasteiger partial charge in [0.2, 0.25) is 0 Å². The minimum Gasteiger partial charge on any atom is -0.399 e. The number of benzene rings is 1. The van der Waals surface area contributed by atoms with Crippen molar-refractivity contribution in [1.82, 2.24) is 4.98 Å². The maximum absolute atomic E-state index is 5.84. The molecule has 1 aromatic heterocycles. The predicted octanol–water partition coefficient (Wildman–Crippen LogP) is 4.30. The molecule has 0 bridgehead atoms. The van der Waals surface area contributed by atoms with Gasteiger partial charge in [0.1, 0.15) is 5.01 Å². The summed E-state index contributed by atoms with van der Waals surface area (Å²) in [5, 5.41) is 4.59. The second-order valence-corrected chi connectivity index (χ2v) is 8.19. The Morgan fingerprint density at radius 1 is 1.26 bits per heavy atom. The van der Waals surface area contributed by atoms with Gasteiger partial charge in [-0.3, -0.25) is 0 Å². The third-order valence-electron chi connectivity index (χ3n) is 3.14. The average molecular weight is 308 g/mol. The molecule has 3 rings (SSSR count). The van der Waals surface area contributed by atoms with Crippen molar-refractivity contribution in [3.63, 3.8) is 0 Å². The van der Waals surface area contributed by atoms with E-state index in [2.05, 4.69) is 30.1 Å². The Labute approximate surface area is 126 Å². The maximum Gasteiger partial charge on any atom is 0.107 e. The lowest BCUT2D eigenvalue weighted by molar-refractivity contribution is 0.896. The topological polar surface area (TPSA) is 38.9 Å². The SMILES string of the molecule is CC1SCCSC1c1nc(-c2cccc(N)c2)cs1. The highest BCUT2D eigenvalue weighted by Crippen LogP contribution is 2.44. The summed E-state index contributed by atoms with van der Waals surface area (Å²) in [6.45, 7) is 2.31. The summed E-state index contributed by atoms with van der Waals surface area (Å²) < 4.78 is 0. The molecule has 2 N–H and O–H groups in total. The normalized spacial score (nSPS) is 23.4. The molecule has 1 aliphatic heterocycles. The molecule has 5 heteroatoms. The number of hydrogen-bond donors (Lipinski definition) is 1. The molecule has 0 aliphatic carbocycles. The summed E-state index contributed by atoms with van der Waals surface area (Å²) >= 11 is 5.87. The van der Waals surface area contributed by atoms with Crippen LogP contribution in [0.2, 0.25) is 0 Å². The number of anilines is 1. The Hall–Kier alpha value is -0.650. The summed E-state index contributed by atoms with van der Waals surface area (Å²) in [5.41, 5.74) is 8.80. The smallest absolute Gasteiger partial charge is 0.107 e. The van der Waals surface area contributed by atoms with Crippen molar-refractivity contribution < 1.29 is 0 Å².